The standard InChI is InChI=1S/2C44H28N2/c1-2-13-33(14-3-1)45-40-18-8-6-16-36(40)37-25-22-31(28-43(37)45)30-21-24-35-32(27-30)23-26-42-44(35)38-17-7-9-19-41(38)46(42)39-20-10-12-29-11-4-5-15-34(29)39;1-2-13-33(14-3-1)45-40-18-8-6-16-36(40)38-28-31(22-25-42(38)45)30-21-24-35-32(27-30)23-26-43-44(35)37-17-7-9-19-41(37)46(43)39-20-10-12-29-11-4-5-15-34(29)39/h2*1-28H. The summed E-state index contributed by atoms with van der Waals surface area (Å²) in [6, 6.07) is 124. The highest BCUT2D eigenvalue weighted by molar-refractivity contribution is 6.24. The van der Waals surface area contributed by atoms with Crippen molar-refractivity contribution in [3.05, 3.63) is 340 Å². The maximum absolute atomic E-state index is 2.44. The number of aromatic nitrogens is 4. The lowest BCUT2D eigenvalue weighted by Crippen LogP contribution is -1.95. The third-order valence-corrected chi connectivity index (χ3v) is 19.4. The molecule has 0 unspecified atom stereocenters. The molecule has 0 spiro atoms. The predicted molar refractivity (Wildman–Crippen MR) is 391 cm³/mol. The predicted octanol–water partition coefficient (Wildman–Crippen LogP) is 23.7. The second-order valence-corrected chi connectivity index (χ2v) is 24.3. The van der Waals surface area contributed by atoms with Gasteiger partial charge in [0, 0.05) is 65.2 Å². The van der Waals surface area contributed by atoms with E-state index in [2.05, 4.69) is 358 Å². The van der Waals surface area contributed by atoms with Gasteiger partial charge in [-0.05, 0) is 158 Å². The van der Waals surface area contributed by atoms with E-state index in [1.807, 2.05) is 0 Å². The van der Waals surface area contributed by atoms with Crippen molar-refractivity contribution in [3.63, 3.8) is 0 Å². The molecule has 0 amide bonds. The molecule has 4 aromatic heterocycles. The van der Waals surface area contributed by atoms with Crippen LogP contribution in [0.4, 0.5) is 0 Å². The molecule has 20 rings (SSSR count). The van der Waals surface area contributed by atoms with Crippen molar-refractivity contribution in [2.45, 2.75) is 0 Å². The van der Waals surface area contributed by atoms with Crippen molar-refractivity contribution in [1.82, 2.24) is 18.3 Å². The van der Waals surface area contributed by atoms with Crippen molar-refractivity contribution in [1.29, 1.82) is 0 Å². The van der Waals surface area contributed by atoms with E-state index in [0.717, 1.165) is 0 Å². The monoisotopic (exact) mass is 1170 g/mol. The van der Waals surface area contributed by atoms with Crippen LogP contribution in [-0.2, 0) is 0 Å². The van der Waals surface area contributed by atoms with E-state index >= 15 is 0 Å². The lowest BCUT2D eigenvalue weighted by Gasteiger charge is -2.12. The van der Waals surface area contributed by atoms with Gasteiger partial charge in [-0.15, -0.1) is 0 Å². The zero-order chi connectivity index (χ0) is 60.4. The second-order valence-electron chi connectivity index (χ2n) is 24.3. The van der Waals surface area contributed by atoms with Crippen molar-refractivity contribution in [3.8, 4) is 45.0 Å². The molecule has 428 valence electrons. The summed E-state index contributed by atoms with van der Waals surface area (Å²) in [6.07, 6.45) is 0. The third-order valence-electron chi connectivity index (χ3n) is 19.4. The van der Waals surface area contributed by atoms with Crippen molar-refractivity contribution in [2.24, 2.45) is 0 Å². The first kappa shape index (κ1) is 51.8. The second kappa shape index (κ2) is 20.7. The van der Waals surface area contributed by atoms with Gasteiger partial charge >= 0.3 is 0 Å². The highest BCUT2D eigenvalue weighted by atomic mass is 15.0. The van der Waals surface area contributed by atoms with Gasteiger partial charge in [-0.3, -0.25) is 0 Å². The van der Waals surface area contributed by atoms with Gasteiger partial charge < -0.3 is 18.3 Å². The van der Waals surface area contributed by atoms with Gasteiger partial charge in [0.25, 0.3) is 0 Å². The van der Waals surface area contributed by atoms with Gasteiger partial charge in [0.2, 0.25) is 0 Å². The Bertz CT molecular complexity index is 6360. The van der Waals surface area contributed by atoms with E-state index in [0.29, 0.717) is 0 Å². The number of nitrogens with zero attached hydrogens (tertiary/aromatic N) is 4. The molecule has 0 aliphatic heterocycles. The Morgan fingerprint density at radius 3 is 1.00 bits per heavy atom. The zero-order valence-corrected chi connectivity index (χ0v) is 50.1. The average molecular weight is 1170 g/mol. The molecule has 0 fully saturated rings. The molecule has 0 bridgehead atoms. The molecule has 92 heavy (non-hydrogen) atoms. The Balaban J connectivity index is 0.000000132. The first-order valence-corrected chi connectivity index (χ1v) is 31.7. The lowest BCUT2D eigenvalue weighted by atomic mass is 9.97. The summed E-state index contributed by atoms with van der Waals surface area (Å²) >= 11 is 0. The van der Waals surface area contributed by atoms with Gasteiger partial charge in [0.05, 0.1) is 55.5 Å². The van der Waals surface area contributed by atoms with Crippen LogP contribution in [0.3, 0.4) is 0 Å². The summed E-state index contributed by atoms with van der Waals surface area (Å²) in [6.45, 7) is 0. The maximum Gasteiger partial charge on any atom is 0.0547 e. The van der Waals surface area contributed by atoms with Gasteiger partial charge in [0.1, 0.15) is 0 Å². The van der Waals surface area contributed by atoms with Crippen LogP contribution in [0.1, 0.15) is 0 Å². The molecule has 16 aromatic carbocycles. The average Bonchev–Trinajstić information content (AvgIpc) is 1.59. The Morgan fingerprint density at radius 2 is 0.489 bits per heavy atom. The fourth-order valence-corrected chi connectivity index (χ4v) is 15.3. The number of hydrogen-bond donors (Lipinski definition) is 0. The van der Waals surface area contributed by atoms with E-state index in [1.54, 1.807) is 0 Å². The summed E-state index contributed by atoms with van der Waals surface area (Å²) in [5.41, 5.74) is 19.5. The SMILES string of the molecule is c1ccc(-n2c3ccccc3c3cc(-c4ccc5c(ccc6c5c5ccccc5n6-c5cccc6ccccc56)c4)ccc32)cc1.c1ccc(-n2c3ccccc3c3ccc(-c4ccc5c(ccc6c5c5ccccc5n6-c5cccc6ccccc56)c4)cc32)cc1. The van der Waals surface area contributed by atoms with Crippen LogP contribution >= 0.6 is 0 Å². The summed E-state index contributed by atoms with van der Waals surface area (Å²) in [7, 11) is 0. The van der Waals surface area contributed by atoms with Crippen molar-refractivity contribution >= 4 is 130 Å². The van der Waals surface area contributed by atoms with Crippen molar-refractivity contribution in [2.75, 3.05) is 0 Å². The molecule has 0 aliphatic carbocycles. The summed E-state index contributed by atoms with van der Waals surface area (Å²) < 4.78 is 9.64. The molecule has 0 aliphatic rings. The van der Waals surface area contributed by atoms with Crippen LogP contribution in [0.5, 0.6) is 0 Å². The third kappa shape index (κ3) is 7.97. The molecular weight excluding hydrogens is 1110 g/mol. The first-order chi connectivity index (χ1) is 45.7. The molecule has 4 heterocycles. The minimum Gasteiger partial charge on any atom is -0.309 e. The topological polar surface area (TPSA) is 19.7 Å². The minimum absolute atomic E-state index is 1.18. The van der Waals surface area contributed by atoms with Gasteiger partial charge in [-0.1, -0.05) is 237 Å². The van der Waals surface area contributed by atoms with Crippen molar-refractivity contribution < 1.29 is 0 Å². The Hall–Kier alpha value is -12.2. The largest absolute Gasteiger partial charge is 0.309 e. The Kier molecular flexibility index (Phi) is 11.6. The van der Waals surface area contributed by atoms with E-state index in [1.165, 1.54) is 175 Å². The number of para-hydroxylation sites is 6. The quantitative estimate of drug-likeness (QED) is 0.158. The maximum atomic E-state index is 2.44. The lowest BCUT2D eigenvalue weighted by molar-refractivity contribution is 1.18. The van der Waals surface area contributed by atoms with Gasteiger partial charge in [-0.2, -0.15) is 0 Å². The molecule has 0 atom stereocenters. The van der Waals surface area contributed by atoms with E-state index in [4.69, 9.17) is 0 Å². The van der Waals surface area contributed by atoms with Crippen LogP contribution < -0.4 is 0 Å². The van der Waals surface area contributed by atoms with Crippen LogP contribution in [0.25, 0.3) is 175 Å². The van der Waals surface area contributed by atoms with E-state index in [9.17, 15) is 0 Å². The van der Waals surface area contributed by atoms with Crippen LogP contribution in [0.15, 0.2) is 340 Å². The fourth-order valence-electron chi connectivity index (χ4n) is 15.3. The highest BCUT2D eigenvalue weighted by Gasteiger charge is 2.21. The van der Waals surface area contributed by atoms with Crippen LogP contribution in [0.2, 0.25) is 0 Å². The van der Waals surface area contributed by atoms with E-state index in [-0.39, 0.29) is 0 Å². The molecule has 0 saturated carbocycles. The van der Waals surface area contributed by atoms with E-state index < -0.39 is 0 Å². The van der Waals surface area contributed by atoms with Crippen LogP contribution in [-0.4, -0.2) is 18.3 Å². The molecule has 4 nitrogen and oxygen atoms in total. The molecule has 4 heteroatoms. The van der Waals surface area contributed by atoms with Gasteiger partial charge in [0.15, 0.2) is 0 Å². The first-order valence-electron chi connectivity index (χ1n) is 31.7. The summed E-state index contributed by atoms with van der Waals surface area (Å²) in [5.74, 6) is 0. The van der Waals surface area contributed by atoms with Gasteiger partial charge in [-0.25, -0.2) is 0 Å². The number of rotatable bonds is 6. The smallest absolute Gasteiger partial charge is 0.0547 e. The zero-order valence-electron chi connectivity index (χ0n) is 50.1. The minimum atomic E-state index is 1.18. The highest BCUT2D eigenvalue weighted by Crippen LogP contribution is 2.44. The Morgan fingerprint density at radius 1 is 0.152 bits per heavy atom. The molecule has 0 N–H and O–H groups in total. The number of fused-ring (bicyclic) bond motifs is 18. The normalized spacial score (nSPS) is 11.9. The molecule has 20 aromatic rings. The number of hydrogen-bond acceptors (Lipinski definition) is 0. The number of benzene rings is 16. The molecule has 0 saturated heterocycles. The molecular formula is C88H56N4. The fraction of sp³-hybridized carbons (Fsp3) is 0. The van der Waals surface area contributed by atoms with Crippen LogP contribution in [0, 0.1) is 0 Å². The summed E-state index contributed by atoms with van der Waals surface area (Å²) in [5, 5.41) is 20.3. The summed E-state index contributed by atoms with van der Waals surface area (Å²) in [4.78, 5) is 0. The Labute approximate surface area is 530 Å². The molecule has 0 radical (unpaired) electrons.